The number of hydrogen-bond donors (Lipinski definition) is 1. The number of rotatable bonds is 10. The Morgan fingerprint density at radius 2 is 1.95 bits per heavy atom. The average Bonchev–Trinajstić information content (AvgIpc) is 3.63. The molecule has 8 heteroatoms. The minimum atomic E-state index is -0.703. The summed E-state index contributed by atoms with van der Waals surface area (Å²) >= 11 is 0. The van der Waals surface area contributed by atoms with Crippen molar-refractivity contribution in [2.45, 2.75) is 58.2 Å². The highest BCUT2D eigenvalue weighted by Gasteiger charge is 2.45. The van der Waals surface area contributed by atoms with Gasteiger partial charge >= 0.3 is 0 Å². The maximum Gasteiger partial charge on any atom is 0.295 e. The molecule has 2 aliphatic rings. The molecule has 0 saturated carbocycles. The van der Waals surface area contributed by atoms with Crippen LogP contribution in [0.2, 0.25) is 0 Å². The number of benzene rings is 2. The molecule has 0 aliphatic carbocycles. The molecule has 1 aromatic heterocycles. The van der Waals surface area contributed by atoms with Gasteiger partial charge in [-0.2, -0.15) is 0 Å². The van der Waals surface area contributed by atoms with E-state index in [0.717, 1.165) is 41.9 Å². The molecule has 0 spiro atoms. The van der Waals surface area contributed by atoms with Crippen LogP contribution in [0.15, 0.2) is 66.8 Å². The number of amides is 1. The summed E-state index contributed by atoms with van der Waals surface area (Å²) in [7, 11) is 0. The molecule has 2 aromatic carbocycles. The van der Waals surface area contributed by atoms with Crippen molar-refractivity contribution in [2.75, 3.05) is 13.2 Å². The number of nitrogens with zero attached hydrogens (tertiary/aromatic N) is 3. The number of unbranched alkanes of at least 4 members (excludes halogenated alkanes) is 1. The Bertz CT molecular complexity index is 1330. The molecule has 0 radical (unpaired) electrons. The topological polar surface area (TPSA) is 93.9 Å². The molecule has 0 bridgehead atoms. The lowest BCUT2D eigenvalue weighted by atomic mass is 9.94. The van der Waals surface area contributed by atoms with Crippen LogP contribution in [0.4, 0.5) is 0 Å². The first kappa shape index (κ1) is 25.6. The van der Waals surface area contributed by atoms with E-state index >= 15 is 0 Å². The van der Waals surface area contributed by atoms with Gasteiger partial charge in [0.25, 0.3) is 11.7 Å². The number of hydrogen-bond acceptors (Lipinski definition) is 6. The molecule has 3 heterocycles. The fourth-order valence-electron chi connectivity index (χ4n) is 5.11. The van der Waals surface area contributed by atoms with Crippen molar-refractivity contribution in [3.05, 3.63) is 83.4 Å². The SMILES string of the molecule is CCCCOc1ccc([C@H]2/C(=C(\O)c3ccc4c(c3)C[C@H](C)O4)C(=O)C(=O)N2CCCn2ccnc2)cc1. The number of Topliss-reactive ketones (excluding diaryl/α,β-unsaturated/α-hetero) is 1. The number of likely N-dealkylation sites (tertiary alicyclic amines) is 1. The molecule has 0 unspecified atom stereocenters. The van der Waals surface area contributed by atoms with Crippen molar-refractivity contribution in [1.29, 1.82) is 0 Å². The number of carbonyl (C=O) groups excluding carboxylic acids is 2. The lowest BCUT2D eigenvalue weighted by Gasteiger charge is -2.25. The van der Waals surface area contributed by atoms with Gasteiger partial charge in [0, 0.05) is 37.5 Å². The number of aliphatic hydroxyl groups excluding tert-OH is 1. The molecular weight excluding hydrogens is 482 g/mol. The summed E-state index contributed by atoms with van der Waals surface area (Å²) in [6.45, 7) is 5.74. The standard InChI is InChI=1S/C30H33N3O5/c1-3-4-16-37-24-9-6-21(7-10-24)27-26(28(34)22-8-11-25-23(18-22)17-20(2)38-25)29(35)30(36)33(27)14-5-13-32-15-12-31-19-32/h6-12,15,18-20,27,34H,3-5,13-14,16-17H2,1-2H3/b28-26+/t20-,27-/m0/s1. The van der Waals surface area contributed by atoms with Crippen molar-refractivity contribution in [1.82, 2.24) is 14.5 Å². The Morgan fingerprint density at radius 1 is 1.13 bits per heavy atom. The normalized spacial score (nSPS) is 20.0. The number of carbonyl (C=O) groups is 2. The van der Waals surface area contributed by atoms with E-state index in [1.54, 1.807) is 23.5 Å². The molecule has 3 aromatic rings. The summed E-state index contributed by atoms with van der Waals surface area (Å²) in [5.74, 6) is 0.0550. The van der Waals surface area contributed by atoms with Crippen LogP contribution in [0.25, 0.3) is 5.76 Å². The van der Waals surface area contributed by atoms with Crippen LogP contribution in [-0.4, -0.2) is 50.5 Å². The van der Waals surface area contributed by atoms with Crippen molar-refractivity contribution < 1.29 is 24.2 Å². The van der Waals surface area contributed by atoms with Crippen molar-refractivity contribution in [2.24, 2.45) is 0 Å². The highest BCUT2D eigenvalue weighted by molar-refractivity contribution is 6.46. The predicted octanol–water partition coefficient (Wildman–Crippen LogP) is 4.90. The molecule has 8 nitrogen and oxygen atoms in total. The van der Waals surface area contributed by atoms with Gasteiger partial charge < -0.3 is 24.0 Å². The summed E-state index contributed by atoms with van der Waals surface area (Å²) in [5.41, 5.74) is 2.32. The zero-order valence-corrected chi connectivity index (χ0v) is 21.8. The van der Waals surface area contributed by atoms with Crippen LogP contribution in [0, 0.1) is 0 Å². The molecule has 1 fully saturated rings. The maximum absolute atomic E-state index is 13.4. The third-order valence-corrected chi connectivity index (χ3v) is 7.05. The predicted molar refractivity (Wildman–Crippen MR) is 143 cm³/mol. The number of fused-ring (bicyclic) bond motifs is 1. The van der Waals surface area contributed by atoms with Crippen LogP contribution in [0.1, 0.15) is 55.8 Å². The number of ether oxygens (including phenoxy) is 2. The summed E-state index contributed by atoms with van der Waals surface area (Å²) in [4.78, 5) is 32.3. The van der Waals surface area contributed by atoms with Gasteiger partial charge in [0.1, 0.15) is 23.4 Å². The Balaban J connectivity index is 1.48. The van der Waals surface area contributed by atoms with E-state index in [0.29, 0.717) is 31.7 Å². The summed E-state index contributed by atoms with van der Waals surface area (Å²) < 4.78 is 13.5. The molecule has 2 atom stereocenters. The van der Waals surface area contributed by atoms with Crippen molar-refractivity contribution in [3.63, 3.8) is 0 Å². The summed E-state index contributed by atoms with van der Waals surface area (Å²) in [6.07, 6.45) is 8.71. The Morgan fingerprint density at radius 3 is 2.68 bits per heavy atom. The van der Waals surface area contributed by atoms with Gasteiger partial charge in [-0.25, -0.2) is 4.98 Å². The lowest BCUT2D eigenvalue weighted by molar-refractivity contribution is -0.139. The minimum absolute atomic E-state index is 0.0570. The molecule has 198 valence electrons. The molecule has 38 heavy (non-hydrogen) atoms. The highest BCUT2D eigenvalue weighted by atomic mass is 16.5. The van der Waals surface area contributed by atoms with Gasteiger partial charge in [0.2, 0.25) is 0 Å². The smallest absolute Gasteiger partial charge is 0.295 e. The van der Waals surface area contributed by atoms with E-state index in [-0.39, 0.29) is 17.4 Å². The third kappa shape index (κ3) is 5.16. The largest absolute Gasteiger partial charge is 0.507 e. The quantitative estimate of drug-likeness (QED) is 0.179. The fourth-order valence-corrected chi connectivity index (χ4v) is 5.11. The number of ketones is 1. The first-order valence-corrected chi connectivity index (χ1v) is 13.2. The second kappa shape index (κ2) is 11.1. The van der Waals surface area contributed by atoms with Crippen molar-refractivity contribution in [3.8, 4) is 11.5 Å². The van der Waals surface area contributed by atoms with E-state index < -0.39 is 17.7 Å². The zero-order chi connectivity index (χ0) is 26.6. The molecule has 1 N–H and O–H groups in total. The van der Waals surface area contributed by atoms with E-state index in [4.69, 9.17) is 9.47 Å². The second-order valence-electron chi connectivity index (χ2n) is 9.87. The van der Waals surface area contributed by atoms with Gasteiger partial charge in [-0.05, 0) is 61.2 Å². The molecular formula is C30H33N3O5. The van der Waals surface area contributed by atoms with Gasteiger partial charge in [0.05, 0.1) is 24.5 Å². The number of aryl methyl sites for hydroxylation is 1. The average molecular weight is 516 g/mol. The number of aromatic nitrogens is 2. The minimum Gasteiger partial charge on any atom is -0.507 e. The highest BCUT2D eigenvalue weighted by Crippen LogP contribution is 2.41. The molecule has 1 saturated heterocycles. The van der Waals surface area contributed by atoms with Gasteiger partial charge in [-0.3, -0.25) is 9.59 Å². The molecule has 2 aliphatic heterocycles. The van der Waals surface area contributed by atoms with E-state index in [9.17, 15) is 14.7 Å². The van der Waals surface area contributed by atoms with Gasteiger partial charge in [-0.1, -0.05) is 25.5 Å². The van der Waals surface area contributed by atoms with Crippen LogP contribution in [0.3, 0.4) is 0 Å². The lowest BCUT2D eigenvalue weighted by Crippen LogP contribution is -2.31. The van der Waals surface area contributed by atoms with E-state index in [2.05, 4.69) is 11.9 Å². The summed E-state index contributed by atoms with van der Waals surface area (Å²) in [5, 5.41) is 11.4. The van der Waals surface area contributed by atoms with Crippen LogP contribution >= 0.6 is 0 Å². The fraction of sp³-hybridized carbons (Fsp3) is 0.367. The molecule has 5 rings (SSSR count). The number of imidazole rings is 1. The summed E-state index contributed by atoms with van der Waals surface area (Å²) in [6, 6.07) is 12.1. The van der Waals surface area contributed by atoms with Gasteiger partial charge in [-0.15, -0.1) is 0 Å². The Labute approximate surface area is 222 Å². The first-order valence-electron chi connectivity index (χ1n) is 13.2. The van der Waals surface area contributed by atoms with Crippen molar-refractivity contribution >= 4 is 17.4 Å². The Kier molecular flexibility index (Phi) is 7.49. The maximum atomic E-state index is 13.4. The van der Waals surface area contributed by atoms with Crippen LogP contribution < -0.4 is 9.47 Å². The van der Waals surface area contributed by atoms with E-state index in [1.165, 1.54) is 0 Å². The van der Waals surface area contributed by atoms with E-state index in [1.807, 2.05) is 54.1 Å². The monoisotopic (exact) mass is 515 g/mol. The first-order chi connectivity index (χ1) is 18.5. The van der Waals surface area contributed by atoms with Crippen LogP contribution in [-0.2, 0) is 22.6 Å². The van der Waals surface area contributed by atoms with Gasteiger partial charge in [0.15, 0.2) is 0 Å². The zero-order valence-electron chi connectivity index (χ0n) is 21.8. The molecule has 1 amide bonds. The number of aliphatic hydroxyl groups is 1. The second-order valence-corrected chi connectivity index (χ2v) is 9.87. The van der Waals surface area contributed by atoms with Crippen LogP contribution in [0.5, 0.6) is 11.5 Å². The Hall–Kier alpha value is -4.07. The third-order valence-electron chi connectivity index (χ3n) is 7.05.